The second-order valence-electron chi connectivity index (χ2n) is 5.82. The molecule has 120 valence electrons. The fraction of sp³-hybridized carbons (Fsp3) is 0.562. The van der Waals surface area contributed by atoms with Crippen molar-refractivity contribution in [3.63, 3.8) is 0 Å². The summed E-state index contributed by atoms with van der Waals surface area (Å²) in [5, 5.41) is 6.07. The highest BCUT2D eigenvalue weighted by Gasteiger charge is 2.24. The smallest absolute Gasteiger partial charge is 0.251 e. The highest BCUT2D eigenvalue weighted by molar-refractivity contribution is 5.95. The van der Waals surface area contributed by atoms with Crippen molar-refractivity contribution in [2.24, 2.45) is 5.73 Å². The van der Waals surface area contributed by atoms with Gasteiger partial charge in [-0.3, -0.25) is 14.6 Å². The van der Waals surface area contributed by atoms with Crippen molar-refractivity contribution in [3.05, 3.63) is 29.6 Å². The number of carbonyl (C=O) groups is 2. The maximum absolute atomic E-state index is 12.3. The molecule has 0 bridgehead atoms. The summed E-state index contributed by atoms with van der Waals surface area (Å²) >= 11 is 0. The Hall–Kier alpha value is -1.95. The van der Waals surface area contributed by atoms with Crippen LogP contribution < -0.4 is 16.4 Å². The highest BCUT2D eigenvalue weighted by atomic mass is 16.2. The molecule has 1 aromatic rings. The van der Waals surface area contributed by atoms with Gasteiger partial charge in [-0.25, -0.2) is 0 Å². The van der Waals surface area contributed by atoms with Gasteiger partial charge < -0.3 is 16.4 Å². The zero-order chi connectivity index (χ0) is 15.9. The summed E-state index contributed by atoms with van der Waals surface area (Å²) in [5.41, 5.74) is 6.92. The zero-order valence-electron chi connectivity index (χ0n) is 13.0. The molecular formula is C16H24N4O2. The summed E-state index contributed by atoms with van der Waals surface area (Å²) in [6, 6.07) is 2.11. The number of amides is 2. The van der Waals surface area contributed by atoms with Crippen LogP contribution in [-0.4, -0.2) is 35.4 Å². The Morgan fingerprint density at radius 2 is 1.86 bits per heavy atom. The highest BCUT2D eigenvalue weighted by Crippen LogP contribution is 2.19. The number of nitrogens with one attached hydrogen (secondary N) is 2. The van der Waals surface area contributed by atoms with Crippen molar-refractivity contribution in [1.82, 2.24) is 15.6 Å². The van der Waals surface area contributed by atoms with Gasteiger partial charge in [-0.1, -0.05) is 0 Å². The molecule has 2 amide bonds. The normalized spacial score (nSPS) is 21.2. The molecule has 1 saturated carbocycles. The molecule has 1 heterocycles. The van der Waals surface area contributed by atoms with E-state index in [1.165, 1.54) is 0 Å². The summed E-state index contributed by atoms with van der Waals surface area (Å²) < 4.78 is 0. The van der Waals surface area contributed by atoms with Crippen LogP contribution in [0.3, 0.4) is 0 Å². The lowest BCUT2D eigenvalue weighted by atomic mass is 9.90. The first kappa shape index (κ1) is 16.4. The Morgan fingerprint density at radius 1 is 1.23 bits per heavy atom. The van der Waals surface area contributed by atoms with E-state index < -0.39 is 0 Å². The molecule has 4 N–H and O–H groups in total. The fourth-order valence-corrected chi connectivity index (χ4v) is 2.80. The lowest BCUT2D eigenvalue weighted by Gasteiger charge is -2.29. The van der Waals surface area contributed by atoms with Crippen LogP contribution >= 0.6 is 0 Å². The maximum atomic E-state index is 12.3. The van der Waals surface area contributed by atoms with Crippen molar-refractivity contribution in [3.8, 4) is 0 Å². The number of aryl methyl sites for hydroxylation is 1. The third kappa shape index (κ3) is 4.53. The lowest BCUT2D eigenvalue weighted by molar-refractivity contribution is -0.121. The number of pyridine rings is 1. The summed E-state index contributed by atoms with van der Waals surface area (Å²) in [7, 11) is 0. The third-order valence-corrected chi connectivity index (χ3v) is 4.06. The topological polar surface area (TPSA) is 97.1 Å². The minimum Gasteiger partial charge on any atom is -0.353 e. The molecule has 0 atom stereocenters. The second kappa shape index (κ2) is 7.89. The molecule has 6 nitrogen and oxygen atoms in total. The molecular weight excluding hydrogens is 280 g/mol. The van der Waals surface area contributed by atoms with E-state index in [2.05, 4.69) is 15.6 Å². The summed E-state index contributed by atoms with van der Waals surface area (Å²) in [5.74, 6) is -0.0297. The van der Waals surface area contributed by atoms with Crippen LogP contribution in [0.25, 0.3) is 0 Å². The fourth-order valence-electron chi connectivity index (χ4n) is 2.80. The van der Waals surface area contributed by atoms with Crippen molar-refractivity contribution in [2.45, 2.75) is 51.1 Å². The molecule has 1 fully saturated rings. The quantitative estimate of drug-likeness (QED) is 0.753. The van der Waals surface area contributed by atoms with Gasteiger partial charge in [0.05, 0.1) is 0 Å². The van der Waals surface area contributed by atoms with Gasteiger partial charge in [-0.05, 0) is 44.2 Å². The standard InChI is InChI=1S/C16H24N4O2/c1-11-10-18-9-7-14(11)16(22)20-13-4-2-12(3-5-13)19-15(21)6-8-17/h7,9-10,12-13H,2-6,8,17H2,1H3,(H,19,21)(H,20,22)/t12-,13-. The van der Waals surface area contributed by atoms with Gasteiger partial charge in [-0.15, -0.1) is 0 Å². The Bertz CT molecular complexity index is 525. The van der Waals surface area contributed by atoms with Gasteiger partial charge in [-0.2, -0.15) is 0 Å². The molecule has 6 heteroatoms. The van der Waals surface area contributed by atoms with Crippen molar-refractivity contribution < 1.29 is 9.59 Å². The molecule has 0 spiro atoms. The van der Waals surface area contributed by atoms with Gasteiger partial charge in [0.1, 0.15) is 0 Å². The molecule has 0 radical (unpaired) electrons. The van der Waals surface area contributed by atoms with Crippen LogP contribution in [0.1, 0.15) is 48.0 Å². The van der Waals surface area contributed by atoms with Crippen LogP contribution in [0.15, 0.2) is 18.5 Å². The maximum Gasteiger partial charge on any atom is 0.251 e. The van der Waals surface area contributed by atoms with Crippen LogP contribution in [0.4, 0.5) is 0 Å². The number of rotatable bonds is 5. The molecule has 0 unspecified atom stereocenters. The molecule has 1 aliphatic rings. The lowest BCUT2D eigenvalue weighted by Crippen LogP contribution is -2.44. The average molecular weight is 304 g/mol. The van der Waals surface area contributed by atoms with Gasteiger partial charge in [0, 0.05) is 43.0 Å². The van der Waals surface area contributed by atoms with Crippen molar-refractivity contribution in [1.29, 1.82) is 0 Å². The van der Waals surface area contributed by atoms with E-state index in [1.54, 1.807) is 18.5 Å². The van der Waals surface area contributed by atoms with Gasteiger partial charge in [0.15, 0.2) is 0 Å². The van der Waals surface area contributed by atoms with Crippen LogP contribution in [0, 0.1) is 6.92 Å². The van der Waals surface area contributed by atoms with E-state index in [1.807, 2.05) is 6.92 Å². The van der Waals surface area contributed by atoms with Crippen molar-refractivity contribution in [2.75, 3.05) is 6.54 Å². The third-order valence-electron chi connectivity index (χ3n) is 4.06. The summed E-state index contributed by atoms with van der Waals surface area (Å²) in [4.78, 5) is 27.8. The molecule has 1 aliphatic carbocycles. The molecule has 22 heavy (non-hydrogen) atoms. The van der Waals surface area contributed by atoms with Crippen LogP contribution in [-0.2, 0) is 4.79 Å². The molecule has 0 aliphatic heterocycles. The Balaban J connectivity index is 1.79. The SMILES string of the molecule is Cc1cnccc1C(=O)N[C@H]1CC[C@H](NC(=O)CCN)CC1. The van der Waals surface area contributed by atoms with E-state index in [0.29, 0.717) is 18.5 Å². The first-order valence-corrected chi connectivity index (χ1v) is 7.81. The minimum atomic E-state index is -0.0458. The van der Waals surface area contributed by atoms with E-state index in [0.717, 1.165) is 31.2 Å². The Labute approximate surface area is 130 Å². The Morgan fingerprint density at radius 3 is 2.45 bits per heavy atom. The molecule has 0 aromatic carbocycles. The number of nitrogens with two attached hydrogens (primary N) is 1. The van der Waals surface area contributed by atoms with E-state index in [4.69, 9.17) is 5.73 Å². The first-order chi connectivity index (χ1) is 10.6. The molecule has 2 rings (SSSR count). The average Bonchev–Trinajstić information content (AvgIpc) is 2.50. The zero-order valence-corrected chi connectivity index (χ0v) is 13.0. The minimum absolute atomic E-state index is 0.0161. The van der Waals surface area contributed by atoms with Crippen molar-refractivity contribution >= 4 is 11.8 Å². The van der Waals surface area contributed by atoms with Gasteiger partial charge >= 0.3 is 0 Å². The predicted molar refractivity (Wildman–Crippen MR) is 84.3 cm³/mol. The largest absolute Gasteiger partial charge is 0.353 e. The predicted octanol–water partition coefficient (Wildman–Crippen LogP) is 0.896. The first-order valence-electron chi connectivity index (χ1n) is 7.81. The molecule has 1 aromatic heterocycles. The number of nitrogens with zero attached hydrogens (tertiary/aromatic N) is 1. The number of aromatic nitrogens is 1. The number of hydrogen-bond donors (Lipinski definition) is 3. The van der Waals surface area contributed by atoms with Gasteiger partial charge in [0.2, 0.25) is 5.91 Å². The second-order valence-corrected chi connectivity index (χ2v) is 5.82. The monoisotopic (exact) mass is 304 g/mol. The van der Waals surface area contributed by atoms with Crippen LogP contribution in [0.2, 0.25) is 0 Å². The Kier molecular flexibility index (Phi) is 5.89. The van der Waals surface area contributed by atoms with E-state index in [9.17, 15) is 9.59 Å². The summed E-state index contributed by atoms with van der Waals surface area (Å²) in [6.45, 7) is 2.26. The molecule has 0 saturated heterocycles. The van der Waals surface area contributed by atoms with E-state index in [-0.39, 0.29) is 23.9 Å². The number of hydrogen-bond acceptors (Lipinski definition) is 4. The van der Waals surface area contributed by atoms with E-state index >= 15 is 0 Å². The van der Waals surface area contributed by atoms with Crippen LogP contribution in [0.5, 0.6) is 0 Å². The summed E-state index contributed by atoms with van der Waals surface area (Å²) in [6.07, 6.45) is 7.22. The number of carbonyl (C=O) groups excluding carboxylic acids is 2. The van der Waals surface area contributed by atoms with Gasteiger partial charge in [0.25, 0.3) is 5.91 Å².